The van der Waals surface area contributed by atoms with Crippen LogP contribution in [0.5, 0.6) is 0 Å². The zero-order valence-corrected chi connectivity index (χ0v) is 20.0. The molecule has 2 fully saturated rings. The minimum absolute atomic E-state index is 0.131. The maximum absolute atomic E-state index is 12.8. The molecule has 2 aliphatic carbocycles. The van der Waals surface area contributed by atoms with Gasteiger partial charge in [0.2, 0.25) is 11.8 Å². The van der Waals surface area contributed by atoms with Gasteiger partial charge in [0.25, 0.3) is 0 Å². The Balaban J connectivity index is 1.40. The number of benzene rings is 2. The SMILES string of the molecule is CC(C)CC[C@H]1C[C@@H]1C(=O)Nc1cccc2c(NC(=O)[C@@H]3C[C@@H]3CCC(C)C)cccc12. The molecular formula is C28H38N2O2. The Morgan fingerprint density at radius 3 is 1.53 bits per heavy atom. The molecular weight excluding hydrogens is 396 g/mol. The minimum atomic E-state index is 0.131. The van der Waals surface area contributed by atoms with Crippen LogP contribution in [0.25, 0.3) is 10.8 Å². The van der Waals surface area contributed by atoms with Crippen molar-refractivity contribution in [3.8, 4) is 0 Å². The molecule has 2 aromatic rings. The fourth-order valence-electron chi connectivity index (χ4n) is 4.85. The third-order valence-electron chi connectivity index (χ3n) is 7.19. The summed E-state index contributed by atoms with van der Waals surface area (Å²) in [6, 6.07) is 11.9. The third kappa shape index (κ3) is 5.51. The van der Waals surface area contributed by atoms with Crippen LogP contribution >= 0.6 is 0 Å². The standard InChI is InChI=1S/C28H38N2O2/c1-17(2)11-13-19-15-23(19)27(31)29-25-9-5-8-22-21(25)7-6-10-26(22)30-28(32)24-16-20(24)14-12-18(3)4/h5-10,17-20,23-24H,11-16H2,1-4H3,(H,29,31)(H,30,32)/t19-,20-,23-,24+/m0/s1. The van der Waals surface area contributed by atoms with E-state index in [0.29, 0.717) is 23.7 Å². The van der Waals surface area contributed by atoms with E-state index in [1.165, 1.54) is 12.8 Å². The third-order valence-corrected chi connectivity index (χ3v) is 7.19. The molecule has 0 spiro atoms. The van der Waals surface area contributed by atoms with Gasteiger partial charge in [0, 0.05) is 34.0 Å². The van der Waals surface area contributed by atoms with Crippen LogP contribution in [0, 0.1) is 35.5 Å². The van der Waals surface area contributed by atoms with Crippen LogP contribution in [0.2, 0.25) is 0 Å². The summed E-state index contributed by atoms with van der Waals surface area (Å²) in [4.78, 5) is 25.6. The zero-order chi connectivity index (χ0) is 22.8. The number of amides is 2. The molecule has 0 unspecified atom stereocenters. The van der Waals surface area contributed by atoms with Crippen molar-refractivity contribution in [1.82, 2.24) is 0 Å². The van der Waals surface area contributed by atoms with Crippen molar-refractivity contribution in [3.05, 3.63) is 36.4 Å². The number of fused-ring (bicyclic) bond motifs is 1. The number of carbonyl (C=O) groups excluding carboxylic acids is 2. The lowest BCUT2D eigenvalue weighted by Crippen LogP contribution is -2.16. The van der Waals surface area contributed by atoms with Crippen molar-refractivity contribution in [2.75, 3.05) is 10.6 Å². The number of rotatable bonds is 10. The molecule has 0 bridgehead atoms. The van der Waals surface area contributed by atoms with Gasteiger partial charge in [-0.2, -0.15) is 0 Å². The van der Waals surface area contributed by atoms with Crippen LogP contribution < -0.4 is 10.6 Å². The van der Waals surface area contributed by atoms with E-state index in [9.17, 15) is 9.59 Å². The lowest BCUT2D eigenvalue weighted by atomic mass is 10.0. The molecule has 172 valence electrons. The summed E-state index contributed by atoms with van der Waals surface area (Å²) in [5, 5.41) is 8.28. The van der Waals surface area contributed by atoms with Gasteiger partial charge in [-0.15, -0.1) is 0 Å². The van der Waals surface area contributed by atoms with Crippen molar-refractivity contribution >= 4 is 34.0 Å². The minimum Gasteiger partial charge on any atom is -0.325 e. The monoisotopic (exact) mass is 434 g/mol. The summed E-state index contributed by atoms with van der Waals surface area (Å²) in [5.74, 6) is 2.99. The molecule has 0 radical (unpaired) electrons. The summed E-state index contributed by atoms with van der Waals surface area (Å²) >= 11 is 0. The van der Waals surface area contributed by atoms with Gasteiger partial charge in [-0.25, -0.2) is 0 Å². The Bertz CT molecular complexity index is 901. The van der Waals surface area contributed by atoms with Crippen LogP contribution in [0.15, 0.2) is 36.4 Å². The van der Waals surface area contributed by atoms with E-state index < -0.39 is 0 Å². The molecule has 4 atom stereocenters. The molecule has 32 heavy (non-hydrogen) atoms. The first-order valence-electron chi connectivity index (χ1n) is 12.5. The summed E-state index contributed by atoms with van der Waals surface area (Å²) in [7, 11) is 0. The normalized spacial score (nSPS) is 24.1. The van der Waals surface area contributed by atoms with Gasteiger partial charge < -0.3 is 10.6 Å². The van der Waals surface area contributed by atoms with E-state index in [1.54, 1.807) is 0 Å². The summed E-state index contributed by atoms with van der Waals surface area (Å²) in [6.07, 6.45) is 6.66. The van der Waals surface area contributed by atoms with Gasteiger partial charge in [0.05, 0.1) is 0 Å². The highest BCUT2D eigenvalue weighted by Crippen LogP contribution is 2.45. The molecule has 0 saturated heterocycles. The summed E-state index contributed by atoms with van der Waals surface area (Å²) < 4.78 is 0. The maximum atomic E-state index is 12.8. The topological polar surface area (TPSA) is 58.2 Å². The Morgan fingerprint density at radius 2 is 1.16 bits per heavy atom. The van der Waals surface area contributed by atoms with Gasteiger partial charge in [0.15, 0.2) is 0 Å². The smallest absolute Gasteiger partial charge is 0.227 e. The van der Waals surface area contributed by atoms with E-state index in [4.69, 9.17) is 0 Å². The molecule has 0 heterocycles. The van der Waals surface area contributed by atoms with Gasteiger partial charge in [0.1, 0.15) is 0 Å². The lowest BCUT2D eigenvalue weighted by molar-refractivity contribution is -0.118. The largest absolute Gasteiger partial charge is 0.325 e. The fourth-order valence-corrected chi connectivity index (χ4v) is 4.85. The number of hydrogen-bond donors (Lipinski definition) is 2. The highest BCUT2D eigenvalue weighted by atomic mass is 16.2. The highest BCUT2D eigenvalue weighted by Gasteiger charge is 2.43. The molecule has 2 aromatic carbocycles. The average Bonchev–Trinajstić information content (AvgIpc) is 3.66. The number of carbonyl (C=O) groups is 2. The highest BCUT2D eigenvalue weighted by molar-refractivity contribution is 6.10. The maximum Gasteiger partial charge on any atom is 0.227 e. The second kappa shape index (κ2) is 9.64. The van der Waals surface area contributed by atoms with Crippen LogP contribution in [-0.2, 0) is 9.59 Å². The van der Waals surface area contributed by atoms with Crippen molar-refractivity contribution in [3.63, 3.8) is 0 Å². The predicted molar refractivity (Wildman–Crippen MR) is 133 cm³/mol. The van der Waals surface area contributed by atoms with Crippen LogP contribution in [-0.4, -0.2) is 11.8 Å². The molecule has 2 aliphatic rings. The molecule has 2 amide bonds. The van der Waals surface area contributed by atoms with E-state index in [1.807, 2.05) is 36.4 Å². The summed E-state index contributed by atoms with van der Waals surface area (Å²) in [6.45, 7) is 8.94. The first-order chi connectivity index (χ1) is 15.3. The van der Waals surface area contributed by atoms with E-state index >= 15 is 0 Å². The molecule has 4 heteroatoms. The van der Waals surface area contributed by atoms with Crippen LogP contribution in [0.4, 0.5) is 11.4 Å². The average molecular weight is 435 g/mol. The first-order valence-corrected chi connectivity index (χ1v) is 12.5. The Morgan fingerprint density at radius 1 is 0.750 bits per heavy atom. The van der Waals surface area contributed by atoms with Crippen molar-refractivity contribution < 1.29 is 9.59 Å². The van der Waals surface area contributed by atoms with Gasteiger partial charge in [-0.1, -0.05) is 64.8 Å². The van der Waals surface area contributed by atoms with E-state index in [-0.39, 0.29) is 23.7 Å². The Kier molecular flexibility index (Phi) is 6.88. The predicted octanol–water partition coefficient (Wildman–Crippen LogP) is 6.86. The van der Waals surface area contributed by atoms with Crippen molar-refractivity contribution in [2.45, 2.75) is 66.2 Å². The number of nitrogens with one attached hydrogen (secondary N) is 2. The second-order valence-corrected chi connectivity index (χ2v) is 10.8. The van der Waals surface area contributed by atoms with Gasteiger partial charge in [-0.05, 0) is 61.5 Å². The van der Waals surface area contributed by atoms with Crippen LogP contribution in [0.1, 0.15) is 66.2 Å². The molecule has 0 aliphatic heterocycles. The van der Waals surface area contributed by atoms with Crippen molar-refractivity contribution in [1.29, 1.82) is 0 Å². The molecule has 0 aromatic heterocycles. The quantitative estimate of drug-likeness (QED) is 0.429. The number of hydrogen-bond acceptors (Lipinski definition) is 2. The van der Waals surface area contributed by atoms with Gasteiger partial charge >= 0.3 is 0 Å². The first kappa shape index (κ1) is 22.8. The fraction of sp³-hybridized carbons (Fsp3) is 0.571. The lowest BCUT2D eigenvalue weighted by Gasteiger charge is -2.13. The van der Waals surface area contributed by atoms with Crippen molar-refractivity contribution in [2.24, 2.45) is 35.5 Å². The second-order valence-electron chi connectivity index (χ2n) is 10.8. The van der Waals surface area contributed by atoms with Crippen LogP contribution in [0.3, 0.4) is 0 Å². The molecule has 2 N–H and O–H groups in total. The van der Waals surface area contributed by atoms with E-state index in [0.717, 1.165) is 47.8 Å². The Labute approximate surface area is 192 Å². The van der Waals surface area contributed by atoms with E-state index in [2.05, 4.69) is 38.3 Å². The summed E-state index contributed by atoms with van der Waals surface area (Å²) in [5.41, 5.74) is 1.67. The molecule has 4 rings (SSSR count). The number of anilines is 2. The molecule has 2 saturated carbocycles. The zero-order valence-electron chi connectivity index (χ0n) is 20.0. The molecule has 4 nitrogen and oxygen atoms in total. The Hall–Kier alpha value is -2.36. The van der Waals surface area contributed by atoms with Gasteiger partial charge in [-0.3, -0.25) is 9.59 Å².